The summed E-state index contributed by atoms with van der Waals surface area (Å²) in [7, 11) is 5.05. The second kappa shape index (κ2) is 11.6. The smallest absolute Gasteiger partial charge is 0.104 e. The van der Waals surface area contributed by atoms with Crippen molar-refractivity contribution in [1.29, 1.82) is 0 Å². The number of methoxy groups -OCH3 is 3. The molecule has 0 saturated carbocycles. The van der Waals surface area contributed by atoms with E-state index in [1.54, 1.807) is 21.3 Å². The molecule has 3 unspecified atom stereocenters. The number of hydrogen-bond donors (Lipinski definition) is 0. The summed E-state index contributed by atoms with van der Waals surface area (Å²) in [4.78, 5) is 0. The van der Waals surface area contributed by atoms with Crippen molar-refractivity contribution < 1.29 is 28.4 Å². The lowest BCUT2D eigenvalue weighted by Gasteiger charge is -1.84. The van der Waals surface area contributed by atoms with Gasteiger partial charge in [-0.3, -0.25) is 0 Å². The van der Waals surface area contributed by atoms with Crippen LogP contribution in [0.25, 0.3) is 0 Å². The van der Waals surface area contributed by atoms with E-state index in [1.165, 1.54) is 0 Å². The first kappa shape index (κ1) is 18.8. The van der Waals surface area contributed by atoms with Gasteiger partial charge in [0.1, 0.15) is 18.3 Å². The van der Waals surface area contributed by atoms with E-state index < -0.39 is 0 Å². The highest BCUT2D eigenvalue weighted by molar-refractivity contribution is 4.67. The van der Waals surface area contributed by atoms with Gasteiger partial charge in [0.2, 0.25) is 0 Å². The van der Waals surface area contributed by atoms with Crippen molar-refractivity contribution in [2.24, 2.45) is 0 Å². The minimum absolute atomic E-state index is 0. The maximum Gasteiger partial charge on any atom is 0.104 e. The molecule has 6 nitrogen and oxygen atoms in total. The predicted octanol–water partition coefficient (Wildman–Crippen LogP) is 0.731. The molecule has 0 aromatic heterocycles. The van der Waals surface area contributed by atoms with E-state index in [1.807, 2.05) is 0 Å². The maximum atomic E-state index is 4.82. The third kappa shape index (κ3) is 14.0. The van der Waals surface area contributed by atoms with E-state index in [9.17, 15) is 0 Å². The Morgan fingerprint density at radius 3 is 0.947 bits per heavy atom. The molecule has 19 heavy (non-hydrogen) atoms. The van der Waals surface area contributed by atoms with Crippen molar-refractivity contribution in [3.05, 3.63) is 0 Å². The first-order valence-electron chi connectivity index (χ1n) is 6.11. The van der Waals surface area contributed by atoms with Crippen LogP contribution in [0.15, 0.2) is 0 Å². The summed E-state index contributed by atoms with van der Waals surface area (Å²) < 4.78 is 28.7. The fourth-order valence-electron chi connectivity index (χ4n) is 1.05. The molecular weight excluding hydrogens is 252 g/mol. The molecule has 6 heteroatoms. The Hall–Kier alpha value is -0.240. The Morgan fingerprint density at radius 1 is 0.684 bits per heavy atom. The van der Waals surface area contributed by atoms with E-state index in [0.717, 1.165) is 39.6 Å². The molecule has 3 aliphatic heterocycles. The number of rotatable bonds is 6. The Labute approximate surface area is 116 Å². The molecule has 3 heterocycles. The summed E-state index contributed by atoms with van der Waals surface area (Å²) in [6.07, 6.45) is 1.28. The van der Waals surface area contributed by atoms with Gasteiger partial charge in [0.05, 0.1) is 39.6 Å². The van der Waals surface area contributed by atoms with Crippen molar-refractivity contribution in [3.63, 3.8) is 0 Å². The third-order valence-electron chi connectivity index (χ3n) is 2.26. The zero-order valence-corrected chi connectivity index (χ0v) is 11.4. The van der Waals surface area contributed by atoms with Gasteiger partial charge >= 0.3 is 0 Å². The summed E-state index contributed by atoms with van der Waals surface area (Å²) >= 11 is 0. The van der Waals surface area contributed by atoms with Gasteiger partial charge in [0.15, 0.2) is 0 Å². The topological polar surface area (TPSA) is 65.3 Å². The van der Waals surface area contributed by atoms with Crippen LogP contribution in [0.2, 0.25) is 0 Å². The summed E-state index contributed by atoms with van der Waals surface area (Å²) in [5.41, 5.74) is 0. The summed E-state index contributed by atoms with van der Waals surface area (Å²) in [6, 6.07) is 0. The van der Waals surface area contributed by atoms with Gasteiger partial charge in [0, 0.05) is 21.3 Å². The summed E-state index contributed by atoms with van der Waals surface area (Å²) in [5, 5.41) is 0. The van der Waals surface area contributed by atoms with Crippen LogP contribution in [-0.4, -0.2) is 79.3 Å². The van der Waals surface area contributed by atoms with Crippen LogP contribution in [0.4, 0.5) is 0 Å². The van der Waals surface area contributed by atoms with E-state index >= 15 is 0 Å². The van der Waals surface area contributed by atoms with Gasteiger partial charge in [-0.25, -0.2) is 0 Å². The molecule has 0 amide bonds. The molecule has 0 spiro atoms. The van der Waals surface area contributed by atoms with Crippen molar-refractivity contribution >= 4 is 0 Å². The van der Waals surface area contributed by atoms with Crippen LogP contribution in [-0.2, 0) is 28.4 Å². The molecule has 3 rings (SSSR count). The van der Waals surface area contributed by atoms with E-state index in [2.05, 4.69) is 0 Å². The monoisotopic (exact) mass is 280 g/mol. The highest BCUT2D eigenvalue weighted by Crippen LogP contribution is 2.07. The molecule has 3 atom stereocenters. The average Bonchev–Trinajstić information content (AvgIpc) is 3.17. The Bertz CT molecular complexity index is 156. The normalized spacial score (nSPS) is 28.9. The van der Waals surface area contributed by atoms with Crippen LogP contribution >= 0.6 is 0 Å². The molecule has 0 aliphatic carbocycles. The molecular formula is C13H28O6. The van der Waals surface area contributed by atoms with Crippen LogP contribution in [0.5, 0.6) is 0 Å². The van der Waals surface area contributed by atoms with Crippen LogP contribution in [0, 0.1) is 0 Å². The standard InChI is InChI=1S/3C4H8O2.CH4/c3*1-5-2-4-3-6-4;/h3*4H,2-3H2,1H3;1H4. The SMILES string of the molecule is C.COCC1CO1.COCC1CO1.COCC1CO1. The lowest BCUT2D eigenvalue weighted by Crippen LogP contribution is -1.94. The molecule has 0 N–H and O–H groups in total. The van der Waals surface area contributed by atoms with Crippen LogP contribution < -0.4 is 0 Å². The average molecular weight is 280 g/mol. The van der Waals surface area contributed by atoms with Crippen molar-refractivity contribution in [3.8, 4) is 0 Å². The molecule has 3 fully saturated rings. The summed E-state index contributed by atoms with van der Waals surface area (Å²) in [5.74, 6) is 0. The van der Waals surface area contributed by atoms with Gasteiger partial charge in [-0.05, 0) is 0 Å². The van der Waals surface area contributed by atoms with E-state index in [0.29, 0.717) is 18.3 Å². The third-order valence-corrected chi connectivity index (χ3v) is 2.26. The molecule has 3 aliphatic rings. The minimum Gasteiger partial charge on any atom is -0.382 e. The molecule has 116 valence electrons. The van der Waals surface area contributed by atoms with Crippen molar-refractivity contribution in [2.75, 3.05) is 61.0 Å². The fourth-order valence-corrected chi connectivity index (χ4v) is 1.05. The Morgan fingerprint density at radius 2 is 0.895 bits per heavy atom. The highest BCUT2D eigenvalue weighted by Gasteiger charge is 2.21. The van der Waals surface area contributed by atoms with Gasteiger partial charge in [-0.1, -0.05) is 7.43 Å². The predicted molar refractivity (Wildman–Crippen MR) is 71.6 cm³/mol. The fraction of sp³-hybridized carbons (Fsp3) is 1.00. The van der Waals surface area contributed by atoms with Crippen molar-refractivity contribution in [2.45, 2.75) is 25.7 Å². The number of epoxide rings is 3. The molecule has 0 aromatic carbocycles. The van der Waals surface area contributed by atoms with Crippen molar-refractivity contribution in [1.82, 2.24) is 0 Å². The number of ether oxygens (including phenoxy) is 6. The van der Waals surface area contributed by atoms with Crippen LogP contribution in [0.3, 0.4) is 0 Å². The molecule has 0 aromatic rings. The first-order valence-corrected chi connectivity index (χ1v) is 6.11. The van der Waals surface area contributed by atoms with Gasteiger partial charge in [-0.15, -0.1) is 0 Å². The zero-order valence-electron chi connectivity index (χ0n) is 11.4. The lowest BCUT2D eigenvalue weighted by molar-refractivity contribution is 0.171. The van der Waals surface area contributed by atoms with Crippen LogP contribution in [0.1, 0.15) is 7.43 Å². The maximum absolute atomic E-state index is 4.82. The van der Waals surface area contributed by atoms with Gasteiger partial charge < -0.3 is 28.4 Å². The second-order valence-electron chi connectivity index (χ2n) is 4.23. The number of hydrogen-bond acceptors (Lipinski definition) is 6. The Kier molecular flexibility index (Phi) is 11.4. The largest absolute Gasteiger partial charge is 0.382 e. The lowest BCUT2D eigenvalue weighted by atomic mass is 10.5. The molecule has 0 bridgehead atoms. The Balaban J connectivity index is 0.000000249. The quantitative estimate of drug-likeness (QED) is 0.668. The first-order chi connectivity index (χ1) is 8.80. The zero-order chi connectivity index (χ0) is 13.2. The highest BCUT2D eigenvalue weighted by atomic mass is 16.6. The minimum atomic E-state index is 0. The molecule has 0 radical (unpaired) electrons. The second-order valence-corrected chi connectivity index (χ2v) is 4.23. The van der Waals surface area contributed by atoms with E-state index in [4.69, 9.17) is 28.4 Å². The van der Waals surface area contributed by atoms with Gasteiger partial charge in [0.25, 0.3) is 0 Å². The summed E-state index contributed by atoms with van der Waals surface area (Å²) in [6.45, 7) is 4.98. The van der Waals surface area contributed by atoms with Gasteiger partial charge in [-0.2, -0.15) is 0 Å². The molecule has 3 saturated heterocycles. The van der Waals surface area contributed by atoms with E-state index in [-0.39, 0.29) is 7.43 Å².